The first-order valence-corrected chi connectivity index (χ1v) is 9.53. The molecule has 10 heteroatoms. The summed E-state index contributed by atoms with van der Waals surface area (Å²) in [7, 11) is 1.43. The molecule has 152 valence electrons. The molecule has 0 atom stereocenters. The summed E-state index contributed by atoms with van der Waals surface area (Å²) in [6.07, 6.45) is 0. The van der Waals surface area contributed by atoms with Crippen LogP contribution in [0.15, 0.2) is 36.4 Å². The van der Waals surface area contributed by atoms with Gasteiger partial charge in [-0.1, -0.05) is 46.4 Å². The zero-order chi connectivity index (χ0) is 21.3. The van der Waals surface area contributed by atoms with Gasteiger partial charge in [0.25, 0.3) is 0 Å². The van der Waals surface area contributed by atoms with Crippen molar-refractivity contribution in [1.82, 2.24) is 0 Å². The lowest BCUT2D eigenvalue weighted by Gasteiger charge is -2.18. The van der Waals surface area contributed by atoms with Gasteiger partial charge in [0.1, 0.15) is 0 Å². The summed E-state index contributed by atoms with van der Waals surface area (Å²) in [5, 5.41) is 0.858. The van der Waals surface area contributed by atoms with E-state index in [-0.39, 0.29) is 48.8 Å². The van der Waals surface area contributed by atoms with E-state index in [1.807, 2.05) is 0 Å². The minimum Gasteiger partial charge on any atom is -0.490 e. The number of hydrogen-bond donors (Lipinski definition) is 3. The first-order chi connectivity index (χ1) is 13.7. The van der Waals surface area contributed by atoms with Crippen LogP contribution in [0.2, 0.25) is 20.1 Å². The number of hydrogen-bond acceptors (Lipinski definition) is 6. The summed E-state index contributed by atoms with van der Waals surface area (Å²) < 4.78 is 17.2. The molecule has 0 unspecified atom stereocenters. The zero-order valence-electron chi connectivity index (χ0n) is 14.9. The maximum Gasteiger partial charge on any atom is 0.204 e. The lowest BCUT2D eigenvalue weighted by Crippen LogP contribution is -1.99. The van der Waals surface area contributed by atoms with Crippen molar-refractivity contribution in [3.8, 4) is 28.7 Å². The molecule has 0 aliphatic rings. The summed E-state index contributed by atoms with van der Waals surface area (Å²) in [6.45, 7) is 0. The van der Waals surface area contributed by atoms with Gasteiger partial charge in [-0.25, -0.2) is 0 Å². The largest absolute Gasteiger partial charge is 0.490 e. The number of halogens is 4. The molecule has 0 aliphatic heterocycles. The van der Waals surface area contributed by atoms with Gasteiger partial charge < -0.3 is 31.4 Å². The normalized spacial score (nSPS) is 10.7. The van der Waals surface area contributed by atoms with Crippen molar-refractivity contribution in [3.63, 3.8) is 0 Å². The van der Waals surface area contributed by atoms with Crippen LogP contribution in [0.1, 0.15) is 0 Å². The second-order valence-electron chi connectivity index (χ2n) is 5.88. The summed E-state index contributed by atoms with van der Waals surface area (Å²) in [4.78, 5) is 0. The third-order valence-corrected chi connectivity index (χ3v) is 4.84. The Morgan fingerprint density at radius 2 is 0.862 bits per heavy atom. The Morgan fingerprint density at radius 3 is 1.17 bits per heavy atom. The number of anilines is 3. The number of ether oxygens (including phenoxy) is 3. The lowest BCUT2D eigenvalue weighted by atomic mass is 10.2. The monoisotopic (exact) mass is 473 g/mol. The van der Waals surface area contributed by atoms with E-state index in [0.29, 0.717) is 17.1 Å². The summed E-state index contributed by atoms with van der Waals surface area (Å²) >= 11 is 24.8. The van der Waals surface area contributed by atoms with E-state index in [1.54, 1.807) is 0 Å². The van der Waals surface area contributed by atoms with E-state index in [0.717, 1.165) is 0 Å². The maximum atomic E-state index is 6.21. The molecule has 0 aromatic heterocycles. The van der Waals surface area contributed by atoms with Crippen LogP contribution in [0.5, 0.6) is 28.7 Å². The van der Waals surface area contributed by atoms with Crippen LogP contribution in [-0.4, -0.2) is 7.11 Å². The summed E-state index contributed by atoms with van der Waals surface area (Å²) in [6, 6.07) is 9.08. The van der Waals surface area contributed by atoms with Crippen LogP contribution >= 0.6 is 46.4 Å². The van der Waals surface area contributed by atoms with Gasteiger partial charge in [-0.3, -0.25) is 0 Å². The van der Waals surface area contributed by atoms with Gasteiger partial charge in [-0.05, 0) is 24.3 Å². The van der Waals surface area contributed by atoms with Crippen molar-refractivity contribution in [3.05, 3.63) is 56.5 Å². The van der Waals surface area contributed by atoms with E-state index in [2.05, 4.69) is 0 Å². The van der Waals surface area contributed by atoms with E-state index < -0.39 is 0 Å². The number of rotatable bonds is 5. The molecule has 6 N–H and O–H groups in total. The molecule has 0 radical (unpaired) electrons. The Morgan fingerprint density at radius 1 is 0.552 bits per heavy atom. The van der Waals surface area contributed by atoms with Crippen LogP contribution < -0.4 is 31.4 Å². The molecule has 0 spiro atoms. The fourth-order valence-corrected chi connectivity index (χ4v) is 3.69. The Hall–Kier alpha value is -2.38. The summed E-state index contributed by atoms with van der Waals surface area (Å²) in [5.74, 6) is 0.992. The molecule has 0 aliphatic carbocycles. The highest BCUT2D eigenvalue weighted by atomic mass is 35.5. The van der Waals surface area contributed by atoms with Gasteiger partial charge in [-0.2, -0.15) is 0 Å². The van der Waals surface area contributed by atoms with Gasteiger partial charge in [0.15, 0.2) is 23.0 Å². The average Bonchev–Trinajstić information content (AvgIpc) is 2.60. The molecule has 0 fully saturated rings. The van der Waals surface area contributed by atoms with Gasteiger partial charge in [0, 0.05) is 29.2 Å². The van der Waals surface area contributed by atoms with Gasteiger partial charge in [0.05, 0.1) is 27.2 Å². The SMILES string of the molecule is COc1c(Oc2c(Cl)cc(N)cc2Cl)cc(N)cc1Oc1c(Cl)cc(N)cc1Cl. The molecular weight excluding hydrogens is 460 g/mol. The fourth-order valence-electron chi connectivity index (χ4n) is 2.52. The fraction of sp³-hybridized carbons (Fsp3) is 0.0526. The van der Waals surface area contributed by atoms with Crippen molar-refractivity contribution in [2.75, 3.05) is 24.3 Å². The van der Waals surface area contributed by atoms with Gasteiger partial charge in [-0.15, -0.1) is 0 Å². The minimum atomic E-state index is 0.181. The van der Waals surface area contributed by atoms with E-state index in [4.69, 9.17) is 77.8 Å². The van der Waals surface area contributed by atoms with Crippen molar-refractivity contribution in [1.29, 1.82) is 0 Å². The number of nitrogens with two attached hydrogens (primary N) is 3. The summed E-state index contributed by atoms with van der Waals surface area (Å²) in [5.41, 5.74) is 18.6. The first-order valence-electron chi connectivity index (χ1n) is 8.01. The maximum absolute atomic E-state index is 6.21. The van der Waals surface area contributed by atoms with Crippen molar-refractivity contribution in [2.24, 2.45) is 0 Å². The molecule has 0 bridgehead atoms. The van der Waals surface area contributed by atoms with Crippen LogP contribution in [0.25, 0.3) is 0 Å². The molecule has 0 amide bonds. The molecular formula is C19H15Cl4N3O3. The lowest BCUT2D eigenvalue weighted by molar-refractivity contribution is 0.353. The average molecular weight is 475 g/mol. The minimum absolute atomic E-state index is 0.181. The molecule has 3 rings (SSSR count). The van der Waals surface area contributed by atoms with Crippen molar-refractivity contribution in [2.45, 2.75) is 0 Å². The molecule has 0 saturated heterocycles. The highest BCUT2D eigenvalue weighted by Crippen LogP contribution is 2.48. The second kappa shape index (κ2) is 8.55. The highest BCUT2D eigenvalue weighted by molar-refractivity contribution is 6.38. The topological polar surface area (TPSA) is 106 Å². The highest BCUT2D eigenvalue weighted by Gasteiger charge is 2.20. The Balaban J connectivity index is 2.07. The van der Waals surface area contributed by atoms with Crippen molar-refractivity contribution >= 4 is 63.5 Å². The standard InChI is InChI=1S/C19H15Cl4N3O3/c1-27-19-15(28-17-11(20)2-8(24)3-12(17)21)6-10(26)7-16(19)29-18-13(22)4-9(25)5-14(18)23/h2-7H,24-26H2,1H3. The number of nitrogen functional groups attached to an aromatic ring is 3. The number of benzene rings is 3. The quantitative estimate of drug-likeness (QED) is 0.358. The molecule has 0 saturated carbocycles. The number of methoxy groups -OCH3 is 1. The van der Waals surface area contributed by atoms with Crippen LogP contribution in [0, 0.1) is 0 Å². The second-order valence-corrected chi connectivity index (χ2v) is 7.51. The van der Waals surface area contributed by atoms with Gasteiger partial charge in [0.2, 0.25) is 5.75 Å². The van der Waals surface area contributed by atoms with E-state index in [9.17, 15) is 0 Å². The Bertz CT molecular complexity index is 966. The van der Waals surface area contributed by atoms with Crippen LogP contribution in [0.3, 0.4) is 0 Å². The molecule has 3 aromatic rings. The van der Waals surface area contributed by atoms with Crippen molar-refractivity contribution < 1.29 is 14.2 Å². The van der Waals surface area contributed by atoms with Crippen LogP contribution in [-0.2, 0) is 0 Å². The van der Waals surface area contributed by atoms with E-state index >= 15 is 0 Å². The third kappa shape index (κ3) is 4.62. The predicted molar refractivity (Wildman–Crippen MR) is 119 cm³/mol. The smallest absolute Gasteiger partial charge is 0.204 e. The Kier molecular flexibility index (Phi) is 6.29. The molecule has 29 heavy (non-hydrogen) atoms. The molecule has 3 aromatic carbocycles. The van der Waals surface area contributed by atoms with E-state index in [1.165, 1.54) is 43.5 Å². The van der Waals surface area contributed by atoms with Crippen LogP contribution in [0.4, 0.5) is 17.1 Å². The van der Waals surface area contributed by atoms with Gasteiger partial charge >= 0.3 is 0 Å². The first kappa shape index (κ1) is 21.3. The third-order valence-electron chi connectivity index (χ3n) is 3.71. The predicted octanol–water partition coefficient (Wildman–Crippen LogP) is 6.64. The Labute approximate surface area is 186 Å². The molecule has 0 heterocycles. The molecule has 6 nitrogen and oxygen atoms in total. The zero-order valence-corrected chi connectivity index (χ0v) is 18.0.